The molecule has 1 aliphatic rings. The summed E-state index contributed by atoms with van der Waals surface area (Å²) in [5.74, 6) is -0.379. The highest BCUT2D eigenvalue weighted by Gasteiger charge is 2.17. The van der Waals surface area contributed by atoms with E-state index in [9.17, 15) is 9.59 Å². The summed E-state index contributed by atoms with van der Waals surface area (Å²) in [5, 5.41) is 2.88. The Kier molecular flexibility index (Phi) is 4.46. The molecule has 1 aromatic carbocycles. The van der Waals surface area contributed by atoms with Crippen LogP contribution in [0.4, 0.5) is 11.4 Å². The van der Waals surface area contributed by atoms with Gasteiger partial charge in [-0.1, -0.05) is 12.1 Å². The van der Waals surface area contributed by atoms with Gasteiger partial charge in [0.2, 0.25) is 0 Å². The number of anilines is 2. The second-order valence-corrected chi connectivity index (χ2v) is 5.90. The molecule has 2 aromatic rings. The van der Waals surface area contributed by atoms with Gasteiger partial charge >= 0.3 is 0 Å². The third-order valence-electron chi connectivity index (χ3n) is 4.15. The van der Waals surface area contributed by atoms with E-state index in [2.05, 4.69) is 15.2 Å². The second kappa shape index (κ2) is 6.69. The maximum Gasteiger partial charge on any atom is 0.261 e. The van der Waals surface area contributed by atoms with E-state index in [1.165, 1.54) is 19.3 Å². The minimum Gasteiger partial charge on any atom is -0.370 e. The van der Waals surface area contributed by atoms with Gasteiger partial charge in [-0.25, -0.2) is 0 Å². The molecule has 5 heteroatoms. The van der Waals surface area contributed by atoms with Crippen LogP contribution in [-0.4, -0.2) is 24.0 Å². The van der Waals surface area contributed by atoms with E-state index in [1.807, 2.05) is 24.3 Å². The summed E-state index contributed by atoms with van der Waals surface area (Å²) in [6.45, 7) is 3.78. The van der Waals surface area contributed by atoms with E-state index in [4.69, 9.17) is 0 Å². The minimum absolute atomic E-state index is 0.129. The fraction of sp³-hybridized carbons (Fsp3) is 0.333. The Bertz CT molecular complexity index is 761. The lowest BCUT2D eigenvalue weighted by Crippen LogP contribution is -2.31. The van der Waals surface area contributed by atoms with Gasteiger partial charge in [0.25, 0.3) is 11.5 Å². The number of carbonyl (C=O) groups is 1. The number of carbonyl (C=O) groups excluding carboxylic acids is 1. The largest absolute Gasteiger partial charge is 0.370 e. The second-order valence-electron chi connectivity index (χ2n) is 5.90. The lowest BCUT2D eigenvalue weighted by Gasteiger charge is -2.30. The zero-order chi connectivity index (χ0) is 16.2. The number of H-pyrrole nitrogens is 1. The van der Waals surface area contributed by atoms with Crippen molar-refractivity contribution in [3.8, 4) is 0 Å². The maximum absolute atomic E-state index is 12.4. The van der Waals surface area contributed by atoms with Gasteiger partial charge in [-0.05, 0) is 50.5 Å². The first kappa shape index (κ1) is 15.3. The van der Waals surface area contributed by atoms with Crippen molar-refractivity contribution in [3.63, 3.8) is 0 Å². The highest BCUT2D eigenvalue weighted by Crippen LogP contribution is 2.28. The summed E-state index contributed by atoms with van der Waals surface area (Å²) in [6.07, 6.45) is 3.59. The summed E-state index contributed by atoms with van der Waals surface area (Å²) < 4.78 is 0. The molecule has 2 heterocycles. The van der Waals surface area contributed by atoms with Crippen LogP contribution in [0.25, 0.3) is 0 Å². The molecule has 0 atom stereocenters. The van der Waals surface area contributed by atoms with Crippen LogP contribution >= 0.6 is 0 Å². The number of pyridine rings is 1. The predicted octanol–water partition coefficient (Wildman–Crippen LogP) is 2.93. The van der Waals surface area contributed by atoms with Gasteiger partial charge in [0.05, 0.1) is 11.4 Å². The third kappa shape index (κ3) is 3.44. The summed E-state index contributed by atoms with van der Waals surface area (Å²) in [7, 11) is 0. The highest BCUT2D eigenvalue weighted by atomic mass is 16.2. The lowest BCUT2D eigenvalue weighted by molar-refractivity contribution is 0.102. The first-order chi connectivity index (χ1) is 11.1. The Morgan fingerprint density at radius 2 is 1.83 bits per heavy atom. The number of benzene rings is 1. The van der Waals surface area contributed by atoms with Gasteiger partial charge < -0.3 is 15.2 Å². The van der Waals surface area contributed by atoms with Gasteiger partial charge in [-0.2, -0.15) is 0 Å². The van der Waals surface area contributed by atoms with E-state index < -0.39 is 0 Å². The summed E-state index contributed by atoms with van der Waals surface area (Å²) in [6, 6.07) is 11.0. The highest BCUT2D eigenvalue weighted by molar-refractivity contribution is 6.05. The molecule has 1 aromatic heterocycles. The van der Waals surface area contributed by atoms with Crippen molar-refractivity contribution in [1.82, 2.24) is 4.98 Å². The van der Waals surface area contributed by atoms with E-state index in [0.717, 1.165) is 30.2 Å². The average molecular weight is 311 g/mol. The van der Waals surface area contributed by atoms with Crippen molar-refractivity contribution in [2.45, 2.75) is 26.2 Å². The molecular weight excluding hydrogens is 290 g/mol. The summed E-state index contributed by atoms with van der Waals surface area (Å²) in [5.41, 5.74) is 2.27. The van der Waals surface area contributed by atoms with Crippen LogP contribution in [-0.2, 0) is 0 Å². The van der Waals surface area contributed by atoms with Crippen LogP contribution in [0.3, 0.4) is 0 Å². The number of aryl methyl sites for hydroxylation is 1. The number of aromatic amines is 1. The number of hydrogen-bond acceptors (Lipinski definition) is 3. The molecule has 5 nitrogen and oxygen atoms in total. The molecule has 1 fully saturated rings. The molecule has 0 aliphatic carbocycles. The molecule has 23 heavy (non-hydrogen) atoms. The number of nitrogens with one attached hydrogen (secondary N) is 2. The maximum atomic E-state index is 12.4. The molecule has 0 unspecified atom stereocenters. The number of rotatable bonds is 3. The predicted molar refractivity (Wildman–Crippen MR) is 92.3 cm³/mol. The molecule has 1 aliphatic heterocycles. The molecule has 120 valence electrons. The first-order valence-corrected chi connectivity index (χ1v) is 8.00. The third-order valence-corrected chi connectivity index (χ3v) is 4.15. The zero-order valence-corrected chi connectivity index (χ0v) is 13.3. The Hall–Kier alpha value is -2.56. The van der Waals surface area contributed by atoms with E-state index >= 15 is 0 Å². The molecule has 3 rings (SSSR count). The standard InChI is InChI=1S/C18H21N3O2/c1-13-9-10-14(17(22)19-13)18(23)20-15-7-3-4-8-16(15)21-11-5-2-6-12-21/h3-4,7-10H,2,5-6,11-12H2,1H3,(H,19,22)(H,20,23). The number of aromatic nitrogens is 1. The smallest absolute Gasteiger partial charge is 0.261 e. The van der Waals surface area contributed by atoms with E-state index in [-0.39, 0.29) is 17.0 Å². The topological polar surface area (TPSA) is 65.2 Å². The fourth-order valence-electron chi connectivity index (χ4n) is 2.93. The van der Waals surface area contributed by atoms with Crippen LogP contribution in [0.1, 0.15) is 35.3 Å². The molecule has 0 saturated carbocycles. The first-order valence-electron chi connectivity index (χ1n) is 8.00. The Morgan fingerprint density at radius 1 is 1.09 bits per heavy atom. The van der Waals surface area contributed by atoms with Crippen LogP contribution in [0, 0.1) is 6.92 Å². The van der Waals surface area contributed by atoms with Crippen molar-refractivity contribution < 1.29 is 4.79 Å². The lowest BCUT2D eigenvalue weighted by atomic mass is 10.1. The SMILES string of the molecule is Cc1ccc(C(=O)Nc2ccccc2N2CCCCC2)c(=O)[nH]1. The summed E-state index contributed by atoms with van der Waals surface area (Å²) in [4.78, 5) is 29.3. The van der Waals surface area contributed by atoms with Crippen molar-refractivity contribution in [2.24, 2.45) is 0 Å². The van der Waals surface area contributed by atoms with Crippen molar-refractivity contribution >= 4 is 17.3 Å². The summed E-state index contributed by atoms with van der Waals surface area (Å²) >= 11 is 0. The quantitative estimate of drug-likeness (QED) is 0.916. The van der Waals surface area contributed by atoms with E-state index in [1.54, 1.807) is 19.1 Å². The Labute approximate surface area is 135 Å². The van der Waals surface area contributed by atoms with Crippen LogP contribution < -0.4 is 15.8 Å². The van der Waals surface area contributed by atoms with Gasteiger partial charge in [0.1, 0.15) is 5.56 Å². The van der Waals surface area contributed by atoms with Crippen LogP contribution in [0.2, 0.25) is 0 Å². The minimum atomic E-state index is -0.379. The molecular formula is C18H21N3O2. The molecule has 1 amide bonds. The van der Waals surface area contributed by atoms with Crippen LogP contribution in [0.5, 0.6) is 0 Å². The molecule has 0 spiro atoms. The Balaban J connectivity index is 1.85. The zero-order valence-electron chi connectivity index (χ0n) is 13.3. The number of hydrogen-bond donors (Lipinski definition) is 2. The van der Waals surface area contributed by atoms with Gasteiger partial charge in [0.15, 0.2) is 0 Å². The van der Waals surface area contributed by atoms with Crippen LogP contribution in [0.15, 0.2) is 41.2 Å². The molecule has 1 saturated heterocycles. The van der Waals surface area contributed by atoms with Gasteiger partial charge in [-0.3, -0.25) is 9.59 Å². The number of piperidine rings is 1. The van der Waals surface area contributed by atoms with Crippen molar-refractivity contribution in [1.29, 1.82) is 0 Å². The monoisotopic (exact) mass is 311 g/mol. The Morgan fingerprint density at radius 3 is 2.57 bits per heavy atom. The van der Waals surface area contributed by atoms with Crippen molar-refractivity contribution in [2.75, 3.05) is 23.3 Å². The van der Waals surface area contributed by atoms with Crippen molar-refractivity contribution in [3.05, 3.63) is 58.0 Å². The number of nitrogens with zero attached hydrogens (tertiary/aromatic N) is 1. The normalized spacial score (nSPS) is 14.6. The van der Waals surface area contributed by atoms with E-state index in [0.29, 0.717) is 0 Å². The average Bonchev–Trinajstić information content (AvgIpc) is 2.56. The number of para-hydroxylation sites is 2. The molecule has 2 N–H and O–H groups in total. The van der Waals surface area contributed by atoms with Gasteiger partial charge in [0, 0.05) is 18.8 Å². The molecule has 0 bridgehead atoms. The number of amides is 1. The fourth-order valence-corrected chi connectivity index (χ4v) is 2.93. The molecule has 0 radical (unpaired) electrons. The van der Waals surface area contributed by atoms with Gasteiger partial charge in [-0.15, -0.1) is 0 Å².